The fourth-order valence-electron chi connectivity index (χ4n) is 1.82. The van der Waals surface area contributed by atoms with Gasteiger partial charge in [0.15, 0.2) is 11.5 Å². The zero-order valence-corrected chi connectivity index (χ0v) is 12.8. The summed E-state index contributed by atoms with van der Waals surface area (Å²) in [5, 5.41) is 3.18. The minimum Gasteiger partial charge on any atom is -0.449 e. The monoisotopic (exact) mass is 323 g/mol. The number of hydrogen-bond donors (Lipinski definition) is 1. The van der Waals surface area contributed by atoms with E-state index < -0.39 is 23.4 Å². The number of carbonyl (C=O) groups is 2. The van der Waals surface area contributed by atoms with Crippen LogP contribution in [0.15, 0.2) is 33.5 Å². The first-order valence-corrected chi connectivity index (χ1v) is 7.02. The lowest BCUT2D eigenvalue weighted by molar-refractivity contribution is -0.129. The van der Waals surface area contributed by atoms with Crippen molar-refractivity contribution < 1.29 is 18.7 Å². The number of ether oxygens (including phenoxy) is 1. The van der Waals surface area contributed by atoms with Gasteiger partial charge in [0.25, 0.3) is 5.91 Å². The minimum atomic E-state index is -0.987. The number of rotatable bonds is 4. The highest BCUT2D eigenvalue weighted by atomic mass is 35.5. The van der Waals surface area contributed by atoms with Crippen LogP contribution in [0.2, 0.25) is 5.02 Å². The van der Waals surface area contributed by atoms with Crippen LogP contribution in [0.5, 0.6) is 0 Å². The van der Waals surface area contributed by atoms with Crippen molar-refractivity contribution in [3.63, 3.8) is 0 Å². The van der Waals surface area contributed by atoms with Crippen LogP contribution in [-0.2, 0) is 9.53 Å². The number of fused-ring (bicyclic) bond motifs is 1. The predicted molar refractivity (Wildman–Crippen MR) is 81.1 cm³/mol. The van der Waals surface area contributed by atoms with Gasteiger partial charge in [-0.2, -0.15) is 0 Å². The maximum atomic E-state index is 12.0. The molecule has 0 unspecified atom stereocenters. The topological polar surface area (TPSA) is 85.6 Å². The lowest BCUT2D eigenvalue weighted by atomic mass is 10.2. The average Bonchev–Trinajstić information content (AvgIpc) is 2.47. The first kappa shape index (κ1) is 16.0. The van der Waals surface area contributed by atoms with E-state index in [1.807, 2.05) is 0 Å². The van der Waals surface area contributed by atoms with Crippen LogP contribution in [0.4, 0.5) is 0 Å². The number of carbonyl (C=O) groups excluding carboxylic acids is 2. The molecule has 2 aromatic rings. The van der Waals surface area contributed by atoms with E-state index >= 15 is 0 Å². The standard InChI is InChI=1S/C15H14ClNO5/c1-3-17-14(19)8(2)21-15(20)13-7-11(18)10-6-9(16)4-5-12(10)22-13/h4-8H,3H2,1-2H3,(H,17,19)/t8-/m0/s1. The average molecular weight is 324 g/mol. The van der Waals surface area contributed by atoms with Crippen molar-refractivity contribution in [3.05, 3.63) is 45.3 Å². The second-order valence-corrected chi connectivity index (χ2v) is 4.99. The van der Waals surface area contributed by atoms with Gasteiger partial charge in [-0.05, 0) is 32.0 Å². The fraction of sp³-hybridized carbons (Fsp3) is 0.267. The SMILES string of the molecule is CCNC(=O)[C@H](C)OC(=O)c1cc(=O)c2cc(Cl)ccc2o1. The fourth-order valence-corrected chi connectivity index (χ4v) is 1.99. The van der Waals surface area contributed by atoms with E-state index in [0.717, 1.165) is 6.07 Å². The molecule has 0 spiro atoms. The summed E-state index contributed by atoms with van der Waals surface area (Å²) < 4.78 is 10.3. The van der Waals surface area contributed by atoms with Crippen molar-refractivity contribution in [2.75, 3.05) is 6.54 Å². The van der Waals surface area contributed by atoms with Crippen LogP contribution in [-0.4, -0.2) is 24.5 Å². The van der Waals surface area contributed by atoms with E-state index in [2.05, 4.69) is 5.32 Å². The highest BCUT2D eigenvalue weighted by Crippen LogP contribution is 2.18. The molecule has 0 radical (unpaired) electrons. The molecule has 1 heterocycles. The molecule has 0 aliphatic rings. The van der Waals surface area contributed by atoms with Gasteiger partial charge in [0.05, 0.1) is 5.39 Å². The van der Waals surface area contributed by atoms with E-state index in [9.17, 15) is 14.4 Å². The summed E-state index contributed by atoms with van der Waals surface area (Å²) in [7, 11) is 0. The molecule has 7 heteroatoms. The van der Waals surface area contributed by atoms with Gasteiger partial charge >= 0.3 is 5.97 Å². The molecule has 1 atom stereocenters. The van der Waals surface area contributed by atoms with Crippen molar-refractivity contribution in [2.24, 2.45) is 0 Å². The lowest BCUT2D eigenvalue weighted by Crippen LogP contribution is -2.35. The number of esters is 1. The van der Waals surface area contributed by atoms with Gasteiger partial charge in [0.1, 0.15) is 5.58 Å². The molecule has 116 valence electrons. The molecule has 6 nitrogen and oxygen atoms in total. The van der Waals surface area contributed by atoms with E-state index in [-0.39, 0.29) is 16.7 Å². The third-order valence-electron chi connectivity index (χ3n) is 2.89. The second-order valence-electron chi connectivity index (χ2n) is 4.56. The number of hydrogen-bond acceptors (Lipinski definition) is 5. The third-order valence-corrected chi connectivity index (χ3v) is 3.13. The Hall–Kier alpha value is -2.34. The Morgan fingerprint density at radius 1 is 1.36 bits per heavy atom. The molecule has 0 bridgehead atoms. The molecule has 1 N–H and O–H groups in total. The van der Waals surface area contributed by atoms with E-state index in [4.69, 9.17) is 20.8 Å². The van der Waals surface area contributed by atoms with Gasteiger partial charge in [0.2, 0.25) is 5.76 Å². The number of amides is 1. The quantitative estimate of drug-likeness (QED) is 0.871. The first-order chi connectivity index (χ1) is 10.4. The number of benzene rings is 1. The van der Waals surface area contributed by atoms with Gasteiger partial charge in [-0.15, -0.1) is 0 Å². The van der Waals surface area contributed by atoms with E-state index in [1.165, 1.54) is 19.1 Å². The predicted octanol–water partition coefficient (Wildman–Crippen LogP) is 2.13. The zero-order chi connectivity index (χ0) is 16.3. The van der Waals surface area contributed by atoms with E-state index in [1.54, 1.807) is 13.0 Å². The molecular weight excluding hydrogens is 310 g/mol. The highest BCUT2D eigenvalue weighted by molar-refractivity contribution is 6.31. The normalized spacial score (nSPS) is 12.0. The van der Waals surface area contributed by atoms with Gasteiger partial charge in [0, 0.05) is 17.6 Å². The molecular formula is C15H14ClNO5. The van der Waals surface area contributed by atoms with Crippen LogP contribution < -0.4 is 10.7 Å². The third kappa shape index (κ3) is 3.46. The lowest BCUT2D eigenvalue weighted by Gasteiger charge is -2.12. The van der Waals surface area contributed by atoms with Crippen molar-refractivity contribution >= 4 is 34.4 Å². The van der Waals surface area contributed by atoms with Gasteiger partial charge in [-0.25, -0.2) is 4.79 Å². The van der Waals surface area contributed by atoms with Gasteiger partial charge in [-0.1, -0.05) is 11.6 Å². The molecule has 0 saturated carbocycles. The molecule has 0 aliphatic heterocycles. The molecule has 1 aromatic heterocycles. The second kappa shape index (κ2) is 6.62. The summed E-state index contributed by atoms with van der Waals surface area (Å²) in [6.07, 6.45) is -0.987. The summed E-state index contributed by atoms with van der Waals surface area (Å²) >= 11 is 5.81. The Balaban J connectivity index is 2.27. The maximum absolute atomic E-state index is 12.0. The smallest absolute Gasteiger partial charge is 0.375 e. The summed E-state index contributed by atoms with van der Waals surface area (Å²) in [6, 6.07) is 5.50. The van der Waals surface area contributed by atoms with Gasteiger partial charge in [-0.3, -0.25) is 9.59 Å². The summed E-state index contributed by atoms with van der Waals surface area (Å²) in [4.78, 5) is 35.5. The summed E-state index contributed by atoms with van der Waals surface area (Å²) in [6.45, 7) is 3.61. The molecule has 1 aromatic carbocycles. The Bertz CT molecular complexity index is 783. The summed E-state index contributed by atoms with van der Waals surface area (Å²) in [5.74, 6) is -1.57. The van der Waals surface area contributed by atoms with Crippen LogP contribution in [0, 0.1) is 0 Å². The molecule has 2 rings (SSSR count). The van der Waals surface area contributed by atoms with Crippen molar-refractivity contribution in [1.29, 1.82) is 0 Å². The maximum Gasteiger partial charge on any atom is 0.375 e. The summed E-state index contributed by atoms with van der Waals surface area (Å²) in [5.41, 5.74) is -0.198. The number of likely N-dealkylation sites (N-methyl/N-ethyl adjacent to an activating group) is 1. The Kier molecular flexibility index (Phi) is 4.82. The molecule has 0 aliphatic carbocycles. The van der Waals surface area contributed by atoms with E-state index in [0.29, 0.717) is 11.6 Å². The molecule has 0 fully saturated rings. The molecule has 0 saturated heterocycles. The van der Waals surface area contributed by atoms with Crippen molar-refractivity contribution in [3.8, 4) is 0 Å². The first-order valence-electron chi connectivity index (χ1n) is 6.64. The van der Waals surface area contributed by atoms with Crippen LogP contribution in [0.3, 0.4) is 0 Å². The van der Waals surface area contributed by atoms with Crippen LogP contribution in [0.1, 0.15) is 24.4 Å². The largest absolute Gasteiger partial charge is 0.449 e. The van der Waals surface area contributed by atoms with Crippen molar-refractivity contribution in [1.82, 2.24) is 5.32 Å². The van der Waals surface area contributed by atoms with Crippen LogP contribution in [0.25, 0.3) is 11.0 Å². The Labute approximate surface area is 131 Å². The Morgan fingerprint density at radius 3 is 2.77 bits per heavy atom. The van der Waals surface area contributed by atoms with Crippen molar-refractivity contribution in [2.45, 2.75) is 20.0 Å². The Morgan fingerprint density at radius 2 is 2.09 bits per heavy atom. The molecule has 1 amide bonds. The zero-order valence-electron chi connectivity index (χ0n) is 12.0. The number of nitrogens with one attached hydrogen (secondary N) is 1. The minimum absolute atomic E-state index is 0.217. The van der Waals surface area contributed by atoms with Gasteiger partial charge < -0.3 is 14.5 Å². The highest BCUT2D eigenvalue weighted by Gasteiger charge is 2.21. The number of halogens is 1. The van der Waals surface area contributed by atoms with Crippen LogP contribution >= 0.6 is 11.6 Å². The molecule has 22 heavy (non-hydrogen) atoms.